The van der Waals surface area contributed by atoms with Gasteiger partial charge in [0.1, 0.15) is 7.05 Å². The van der Waals surface area contributed by atoms with Gasteiger partial charge in [0, 0.05) is 12.0 Å². The number of hydrogen-bond donors (Lipinski definition) is 0. The van der Waals surface area contributed by atoms with Crippen molar-refractivity contribution in [3.05, 3.63) is 11.1 Å². The molecule has 2 heteroatoms. The summed E-state index contributed by atoms with van der Waals surface area (Å²) in [5.74, 6) is 0.465. The molecule has 1 nitrogen and oxygen atoms in total. The van der Waals surface area contributed by atoms with E-state index in [4.69, 9.17) is 12.2 Å². The van der Waals surface area contributed by atoms with Gasteiger partial charge >= 0.3 is 0 Å². The van der Waals surface area contributed by atoms with Crippen LogP contribution in [0.15, 0.2) is 11.1 Å². The minimum atomic E-state index is 0.465. The van der Waals surface area contributed by atoms with Crippen LogP contribution in [0.4, 0.5) is 0 Å². The van der Waals surface area contributed by atoms with Crippen molar-refractivity contribution in [2.24, 2.45) is 5.92 Å². The third-order valence-electron chi connectivity index (χ3n) is 3.67. The van der Waals surface area contributed by atoms with Crippen LogP contribution < -0.4 is 0 Å². The lowest BCUT2D eigenvalue weighted by Crippen LogP contribution is -2.36. The first-order valence-electron chi connectivity index (χ1n) is 5.46. The van der Waals surface area contributed by atoms with E-state index in [2.05, 4.69) is 25.5 Å². The van der Waals surface area contributed by atoms with Crippen molar-refractivity contribution in [2.45, 2.75) is 39.5 Å². The van der Waals surface area contributed by atoms with Crippen LogP contribution >= 0.6 is 12.2 Å². The summed E-state index contributed by atoms with van der Waals surface area (Å²) in [7, 11) is 2.13. The average Bonchev–Trinajstić information content (AvgIpc) is 2.23. The van der Waals surface area contributed by atoms with Crippen LogP contribution in [0.3, 0.4) is 0 Å². The van der Waals surface area contributed by atoms with Gasteiger partial charge in [0.05, 0.1) is 5.92 Å². The smallest absolute Gasteiger partial charge is 0.192 e. The van der Waals surface area contributed by atoms with Crippen molar-refractivity contribution in [3.8, 4) is 0 Å². The van der Waals surface area contributed by atoms with Gasteiger partial charge in [-0.1, -0.05) is 0 Å². The van der Waals surface area contributed by atoms with Crippen molar-refractivity contribution in [1.82, 2.24) is 0 Å². The highest BCUT2D eigenvalue weighted by Crippen LogP contribution is 2.31. The van der Waals surface area contributed by atoms with E-state index in [9.17, 15) is 0 Å². The molecular formula is C12H18NS+. The van der Waals surface area contributed by atoms with Gasteiger partial charge in [-0.05, 0) is 50.9 Å². The molecule has 1 aliphatic carbocycles. The maximum Gasteiger partial charge on any atom is 0.254 e. The molecule has 0 aromatic carbocycles. The molecule has 0 bridgehead atoms. The largest absolute Gasteiger partial charge is 0.254 e. The molecule has 0 aromatic rings. The second-order valence-electron chi connectivity index (χ2n) is 4.43. The molecular weight excluding hydrogens is 190 g/mol. The van der Waals surface area contributed by atoms with E-state index in [1.54, 1.807) is 5.57 Å². The van der Waals surface area contributed by atoms with Gasteiger partial charge in [-0.25, -0.2) is 0 Å². The predicted molar refractivity (Wildman–Crippen MR) is 64.1 cm³/mol. The molecule has 0 N–H and O–H groups in total. The van der Waals surface area contributed by atoms with Gasteiger partial charge < -0.3 is 0 Å². The summed E-state index contributed by atoms with van der Waals surface area (Å²) in [4.78, 5) is 1.10. The van der Waals surface area contributed by atoms with Crippen LogP contribution in [-0.4, -0.2) is 22.3 Å². The Morgan fingerprint density at radius 3 is 2.64 bits per heavy atom. The highest BCUT2D eigenvalue weighted by atomic mass is 32.1. The molecule has 0 amide bonds. The molecule has 0 radical (unpaired) electrons. The summed E-state index contributed by atoms with van der Waals surface area (Å²) in [6, 6.07) is 0. The third kappa shape index (κ3) is 1.36. The zero-order chi connectivity index (χ0) is 10.3. The summed E-state index contributed by atoms with van der Waals surface area (Å²) in [5.41, 5.74) is 4.61. The second kappa shape index (κ2) is 3.58. The number of rotatable bonds is 0. The average molecular weight is 208 g/mol. The van der Waals surface area contributed by atoms with E-state index < -0.39 is 0 Å². The zero-order valence-corrected chi connectivity index (χ0v) is 10.1. The van der Waals surface area contributed by atoms with Crippen LogP contribution in [0.25, 0.3) is 0 Å². The lowest BCUT2D eigenvalue weighted by Gasteiger charge is -2.25. The number of nitrogens with zero attached hydrogens (tertiary/aromatic N) is 1. The molecule has 1 aliphatic heterocycles. The standard InChI is InChI=1S/C12H18NS/c1-8-9(2)12(14)13(3)11-7-5-4-6-10(8)11/h9H,4-7H2,1-3H3/q+1. The van der Waals surface area contributed by atoms with Gasteiger partial charge in [-0.3, -0.25) is 0 Å². The van der Waals surface area contributed by atoms with E-state index in [-0.39, 0.29) is 0 Å². The van der Waals surface area contributed by atoms with Crippen LogP contribution in [0.1, 0.15) is 39.5 Å². The molecule has 0 aromatic heterocycles. The van der Waals surface area contributed by atoms with Gasteiger partial charge in [0.15, 0.2) is 5.71 Å². The molecule has 1 fully saturated rings. The highest BCUT2D eigenvalue weighted by molar-refractivity contribution is 7.80. The number of fused-ring (bicyclic) bond motifs is 1. The quantitative estimate of drug-likeness (QED) is 0.437. The second-order valence-corrected chi connectivity index (χ2v) is 4.85. The fourth-order valence-corrected chi connectivity index (χ4v) is 2.84. The van der Waals surface area contributed by atoms with Gasteiger partial charge in [-0.15, -0.1) is 0 Å². The normalized spacial score (nSPS) is 28.2. The molecule has 0 spiro atoms. The van der Waals surface area contributed by atoms with Crippen LogP contribution in [0.2, 0.25) is 0 Å². The third-order valence-corrected chi connectivity index (χ3v) is 4.30. The summed E-state index contributed by atoms with van der Waals surface area (Å²) in [6.07, 6.45) is 5.16. The molecule has 1 heterocycles. The first-order valence-corrected chi connectivity index (χ1v) is 5.87. The van der Waals surface area contributed by atoms with E-state index in [1.165, 1.54) is 37.0 Å². The molecule has 0 saturated heterocycles. The van der Waals surface area contributed by atoms with Crippen molar-refractivity contribution in [1.29, 1.82) is 0 Å². The van der Waals surface area contributed by atoms with Crippen molar-refractivity contribution in [2.75, 3.05) is 7.05 Å². The van der Waals surface area contributed by atoms with E-state index >= 15 is 0 Å². The first kappa shape index (κ1) is 10.0. The van der Waals surface area contributed by atoms with E-state index in [0.29, 0.717) is 5.92 Å². The summed E-state index contributed by atoms with van der Waals surface area (Å²) < 4.78 is 2.25. The Morgan fingerprint density at radius 1 is 1.29 bits per heavy atom. The van der Waals surface area contributed by atoms with Crippen molar-refractivity contribution < 1.29 is 4.58 Å². The minimum absolute atomic E-state index is 0.465. The Balaban J connectivity index is 2.51. The Hall–Kier alpha value is -0.500. The molecule has 76 valence electrons. The Bertz CT molecular complexity index is 349. The van der Waals surface area contributed by atoms with Gasteiger partial charge in [-0.2, -0.15) is 4.58 Å². The van der Waals surface area contributed by atoms with Crippen molar-refractivity contribution >= 4 is 22.9 Å². The lowest BCUT2D eigenvalue weighted by molar-refractivity contribution is -0.374. The molecule has 1 saturated carbocycles. The lowest BCUT2D eigenvalue weighted by atomic mass is 9.82. The van der Waals surface area contributed by atoms with Gasteiger partial charge in [0.25, 0.3) is 4.99 Å². The summed E-state index contributed by atoms with van der Waals surface area (Å²) >= 11 is 5.47. The monoisotopic (exact) mass is 208 g/mol. The van der Waals surface area contributed by atoms with Crippen LogP contribution in [0.5, 0.6) is 0 Å². The molecule has 2 aliphatic rings. The highest BCUT2D eigenvalue weighted by Gasteiger charge is 2.34. The molecule has 1 atom stereocenters. The van der Waals surface area contributed by atoms with Crippen molar-refractivity contribution in [3.63, 3.8) is 0 Å². The first-order chi connectivity index (χ1) is 6.63. The number of hydrogen-bond acceptors (Lipinski definition) is 1. The Kier molecular flexibility index (Phi) is 2.56. The summed E-state index contributed by atoms with van der Waals surface area (Å²) in [6.45, 7) is 4.48. The SMILES string of the molecule is CC1=C2CCCCC2=[N+](C)C(=S)C1C. The fraction of sp³-hybridized carbons (Fsp3) is 0.667. The van der Waals surface area contributed by atoms with Crippen LogP contribution in [0, 0.1) is 5.92 Å². The maximum absolute atomic E-state index is 5.47. The molecule has 14 heavy (non-hydrogen) atoms. The molecule has 2 rings (SSSR count). The predicted octanol–water partition coefficient (Wildman–Crippen LogP) is 2.94. The fourth-order valence-electron chi connectivity index (χ4n) is 2.55. The number of allylic oxidation sites excluding steroid dienone is 1. The zero-order valence-electron chi connectivity index (χ0n) is 9.26. The van der Waals surface area contributed by atoms with Gasteiger partial charge in [0.2, 0.25) is 0 Å². The Labute approximate surface area is 91.5 Å². The van der Waals surface area contributed by atoms with Crippen LogP contribution in [-0.2, 0) is 0 Å². The maximum atomic E-state index is 5.47. The summed E-state index contributed by atoms with van der Waals surface area (Å²) in [5, 5.41) is 0. The molecule has 1 unspecified atom stereocenters. The topological polar surface area (TPSA) is 3.01 Å². The van der Waals surface area contributed by atoms with E-state index in [1.807, 2.05) is 0 Å². The Morgan fingerprint density at radius 2 is 1.93 bits per heavy atom. The minimum Gasteiger partial charge on any atom is -0.192 e. The number of thiocarbonyl (C=S) groups is 1. The van der Waals surface area contributed by atoms with E-state index in [0.717, 1.165) is 4.99 Å².